The largest absolute Gasteiger partial charge is 0.471 e. The van der Waals surface area contributed by atoms with Crippen LogP contribution in [0, 0.1) is 0 Å². The third-order valence-electron chi connectivity index (χ3n) is 5.32. The van der Waals surface area contributed by atoms with Crippen LogP contribution in [-0.4, -0.2) is 79.0 Å². The van der Waals surface area contributed by atoms with Gasteiger partial charge >= 0.3 is 12.1 Å². The fourth-order valence-electron chi connectivity index (χ4n) is 3.68. The van der Waals surface area contributed by atoms with Gasteiger partial charge in [-0.2, -0.15) is 13.2 Å². The van der Waals surface area contributed by atoms with E-state index in [1.165, 1.54) is 25.3 Å². The van der Waals surface area contributed by atoms with Gasteiger partial charge in [-0.3, -0.25) is 24.1 Å². The van der Waals surface area contributed by atoms with Crippen molar-refractivity contribution in [2.75, 3.05) is 33.4 Å². The molecule has 1 saturated heterocycles. The summed E-state index contributed by atoms with van der Waals surface area (Å²) in [4.78, 5) is 50.6. The van der Waals surface area contributed by atoms with Gasteiger partial charge in [-0.25, -0.2) is 0 Å². The highest BCUT2D eigenvalue weighted by atomic mass is 19.4. The highest BCUT2D eigenvalue weighted by molar-refractivity contribution is 6.22. The Bertz CT molecular complexity index is 895. The lowest BCUT2D eigenvalue weighted by Gasteiger charge is -2.32. The maximum absolute atomic E-state index is 12.6. The quantitative estimate of drug-likeness (QED) is 0.535. The Morgan fingerprint density at radius 3 is 2.39 bits per heavy atom. The lowest BCUT2D eigenvalue weighted by atomic mass is 10.0. The number of halogens is 3. The van der Waals surface area contributed by atoms with Crippen molar-refractivity contribution >= 4 is 23.6 Å². The molecule has 31 heavy (non-hydrogen) atoms. The first kappa shape index (κ1) is 22.7. The number of nitrogens with zero attached hydrogens (tertiary/aromatic N) is 2. The topological polar surface area (TPSA) is 96.0 Å². The number of carbonyl (C=O) groups excluding carboxylic acids is 4. The Balaban J connectivity index is 1.61. The minimum absolute atomic E-state index is 0.114. The summed E-state index contributed by atoms with van der Waals surface area (Å²) in [5.74, 6) is -3.29. The van der Waals surface area contributed by atoms with E-state index >= 15 is 0 Å². The zero-order valence-electron chi connectivity index (χ0n) is 16.8. The minimum Gasteiger partial charge on any atom is -0.385 e. The van der Waals surface area contributed by atoms with Crippen LogP contribution in [0.1, 0.15) is 50.3 Å². The fourth-order valence-corrected chi connectivity index (χ4v) is 3.68. The van der Waals surface area contributed by atoms with E-state index < -0.39 is 35.8 Å². The molecule has 1 N–H and O–H groups in total. The van der Waals surface area contributed by atoms with Gasteiger partial charge in [0.05, 0.1) is 11.1 Å². The molecule has 8 nitrogen and oxygen atoms in total. The second kappa shape index (κ2) is 9.04. The van der Waals surface area contributed by atoms with Gasteiger partial charge in [-0.1, -0.05) is 0 Å². The molecule has 0 saturated carbocycles. The van der Waals surface area contributed by atoms with Gasteiger partial charge in [0.1, 0.15) is 0 Å². The zero-order chi connectivity index (χ0) is 22.8. The number of benzene rings is 1. The summed E-state index contributed by atoms with van der Waals surface area (Å²) in [5.41, 5.74) is 0.533. The number of likely N-dealkylation sites (tertiary alicyclic amines) is 1. The third-order valence-corrected chi connectivity index (χ3v) is 5.32. The summed E-state index contributed by atoms with van der Waals surface area (Å²) in [6.45, 7) is 0.374. The molecule has 2 aliphatic heterocycles. The number of alkyl halides is 3. The van der Waals surface area contributed by atoms with Crippen molar-refractivity contribution in [3.63, 3.8) is 0 Å². The van der Waals surface area contributed by atoms with E-state index in [1.54, 1.807) is 0 Å². The molecule has 0 atom stereocenters. The summed E-state index contributed by atoms with van der Waals surface area (Å²) in [6.07, 6.45) is -4.06. The molecule has 0 aromatic heterocycles. The number of methoxy groups -OCH3 is 1. The number of ether oxygens (including phenoxy) is 1. The molecule has 0 bridgehead atoms. The van der Waals surface area contributed by atoms with Crippen LogP contribution >= 0.6 is 0 Å². The average molecular weight is 441 g/mol. The summed E-state index contributed by atoms with van der Waals surface area (Å²) in [6, 6.07) is 3.80. The number of fused-ring (bicyclic) bond motifs is 1. The summed E-state index contributed by atoms with van der Waals surface area (Å²) < 4.78 is 42.5. The third kappa shape index (κ3) is 4.87. The van der Waals surface area contributed by atoms with Gasteiger partial charge in [0.2, 0.25) is 0 Å². The number of imide groups is 1. The normalized spacial score (nSPS) is 17.2. The number of piperidine rings is 1. The Labute approximate surface area is 176 Å². The molecule has 0 unspecified atom stereocenters. The maximum Gasteiger partial charge on any atom is 0.471 e. The van der Waals surface area contributed by atoms with Crippen LogP contribution in [0.15, 0.2) is 18.2 Å². The van der Waals surface area contributed by atoms with Gasteiger partial charge in [0.25, 0.3) is 17.7 Å². The van der Waals surface area contributed by atoms with Crippen molar-refractivity contribution in [1.82, 2.24) is 15.1 Å². The predicted octanol–water partition coefficient (Wildman–Crippen LogP) is 1.60. The SMILES string of the molecule is COCCCN1C(=O)c2ccc(C(=O)NC3CCN(C(=O)C(F)(F)F)CC3)cc2C1=O. The average Bonchev–Trinajstić information content (AvgIpc) is 2.97. The van der Waals surface area contributed by atoms with Crippen LogP contribution in [0.4, 0.5) is 13.2 Å². The van der Waals surface area contributed by atoms with Gasteiger partial charge in [-0.05, 0) is 37.5 Å². The van der Waals surface area contributed by atoms with Crippen LogP contribution in [-0.2, 0) is 9.53 Å². The predicted molar refractivity (Wildman–Crippen MR) is 101 cm³/mol. The Kier molecular flexibility index (Phi) is 6.63. The Hall–Kier alpha value is -2.95. The van der Waals surface area contributed by atoms with E-state index in [1.807, 2.05) is 0 Å². The van der Waals surface area contributed by atoms with E-state index in [4.69, 9.17) is 4.74 Å². The van der Waals surface area contributed by atoms with Crippen LogP contribution < -0.4 is 5.32 Å². The van der Waals surface area contributed by atoms with Crippen LogP contribution in [0.25, 0.3) is 0 Å². The van der Waals surface area contributed by atoms with Gasteiger partial charge < -0.3 is 15.0 Å². The number of hydrogen-bond donors (Lipinski definition) is 1. The van der Waals surface area contributed by atoms with E-state index in [2.05, 4.69) is 5.32 Å². The van der Waals surface area contributed by atoms with Crippen molar-refractivity contribution in [2.24, 2.45) is 0 Å². The van der Waals surface area contributed by atoms with E-state index in [0.717, 1.165) is 9.80 Å². The molecule has 1 fully saturated rings. The summed E-state index contributed by atoms with van der Waals surface area (Å²) in [5, 5.41) is 2.72. The second-order valence-corrected chi connectivity index (χ2v) is 7.41. The molecule has 0 radical (unpaired) electrons. The van der Waals surface area contributed by atoms with Crippen molar-refractivity contribution in [1.29, 1.82) is 0 Å². The van der Waals surface area contributed by atoms with Gasteiger partial charge in [0, 0.05) is 45.0 Å². The fraction of sp³-hybridized carbons (Fsp3) is 0.500. The van der Waals surface area contributed by atoms with Crippen molar-refractivity contribution in [3.8, 4) is 0 Å². The highest BCUT2D eigenvalue weighted by Crippen LogP contribution is 2.25. The molecule has 0 aliphatic carbocycles. The number of carbonyl (C=O) groups is 4. The maximum atomic E-state index is 12.6. The Morgan fingerprint density at radius 2 is 1.77 bits per heavy atom. The van der Waals surface area contributed by atoms with Crippen LogP contribution in [0.3, 0.4) is 0 Å². The smallest absolute Gasteiger partial charge is 0.385 e. The van der Waals surface area contributed by atoms with Crippen LogP contribution in [0.5, 0.6) is 0 Å². The van der Waals surface area contributed by atoms with Crippen molar-refractivity contribution in [3.05, 3.63) is 34.9 Å². The number of rotatable bonds is 6. The zero-order valence-corrected chi connectivity index (χ0v) is 16.8. The van der Waals surface area contributed by atoms with Crippen LogP contribution in [0.2, 0.25) is 0 Å². The molecule has 0 spiro atoms. The van der Waals surface area contributed by atoms with Gasteiger partial charge in [0.15, 0.2) is 0 Å². The highest BCUT2D eigenvalue weighted by Gasteiger charge is 2.43. The first-order valence-electron chi connectivity index (χ1n) is 9.79. The number of nitrogens with one attached hydrogen (secondary N) is 1. The number of amides is 4. The lowest BCUT2D eigenvalue weighted by Crippen LogP contribution is -2.50. The summed E-state index contributed by atoms with van der Waals surface area (Å²) >= 11 is 0. The van der Waals surface area contributed by atoms with Crippen molar-refractivity contribution in [2.45, 2.75) is 31.5 Å². The monoisotopic (exact) mass is 441 g/mol. The number of hydrogen-bond acceptors (Lipinski definition) is 5. The Morgan fingerprint density at radius 1 is 1.13 bits per heavy atom. The lowest BCUT2D eigenvalue weighted by molar-refractivity contribution is -0.186. The molecule has 1 aromatic carbocycles. The molecular formula is C20H22F3N3O5. The first-order chi connectivity index (χ1) is 14.6. The summed E-state index contributed by atoms with van der Waals surface area (Å²) in [7, 11) is 1.52. The molecule has 3 rings (SSSR count). The van der Waals surface area contributed by atoms with Gasteiger partial charge in [-0.15, -0.1) is 0 Å². The first-order valence-corrected chi connectivity index (χ1v) is 9.79. The standard InChI is InChI=1S/C20H22F3N3O5/c1-31-10-2-7-26-17(28)14-4-3-12(11-15(14)18(26)29)16(27)24-13-5-8-25(9-6-13)19(30)20(21,22)23/h3-4,11,13H,2,5-10H2,1H3,(H,24,27). The molecule has 2 aliphatic rings. The van der Waals surface area contributed by atoms with E-state index in [-0.39, 0.29) is 49.2 Å². The molecule has 4 amide bonds. The van der Waals surface area contributed by atoms with E-state index in [9.17, 15) is 32.3 Å². The molecule has 168 valence electrons. The second-order valence-electron chi connectivity index (χ2n) is 7.41. The van der Waals surface area contributed by atoms with E-state index in [0.29, 0.717) is 13.0 Å². The molecule has 11 heteroatoms. The molecule has 1 aromatic rings. The molecule has 2 heterocycles. The molecular weight excluding hydrogens is 419 g/mol. The minimum atomic E-state index is -4.91. The van der Waals surface area contributed by atoms with Crippen molar-refractivity contribution < 1.29 is 37.1 Å².